The van der Waals surface area contributed by atoms with E-state index in [4.69, 9.17) is 16.4 Å². The number of oxime groups is 1. The lowest BCUT2D eigenvalue weighted by Gasteiger charge is -2.30. The highest BCUT2D eigenvalue weighted by molar-refractivity contribution is 6.30. The molecule has 1 amide bonds. The monoisotopic (exact) mass is 568 g/mol. The van der Waals surface area contributed by atoms with Crippen LogP contribution in [0.4, 0.5) is 39.5 Å². The second-order valence-corrected chi connectivity index (χ2v) is 8.80. The normalized spacial score (nSPS) is 18.3. The van der Waals surface area contributed by atoms with E-state index in [0.717, 1.165) is 6.07 Å². The first-order valence-electron chi connectivity index (χ1n) is 10.6. The van der Waals surface area contributed by atoms with Gasteiger partial charge < -0.3 is 10.2 Å². The fourth-order valence-electron chi connectivity index (χ4n) is 4.06. The van der Waals surface area contributed by atoms with Crippen LogP contribution >= 0.6 is 11.6 Å². The van der Waals surface area contributed by atoms with Crippen molar-refractivity contribution in [2.75, 3.05) is 6.54 Å². The zero-order chi connectivity index (χ0) is 28.1. The largest absolute Gasteiger partial charge is 0.435 e. The molecule has 14 heteroatoms. The summed E-state index contributed by atoms with van der Waals surface area (Å²) in [6.45, 7) is -1.60. The van der Waals surface area contributed by atoms with Crippen LogP contribution in [0.25, 0.3) is 10.8 Å². The lowest BCUT2D eigenvalue weighted by atomic mass is 9.84. The number of fused-ring (bicyclic) bond motifs is 1. The Morgan fingerprint density at radius 1 is 0.947 bits per heavy atom. The van der Waals surface area contributed by atoms with Gasteiger partial charge in [0.25, 0.3) is 11.5 Å². The molecule has 1 N–H and O–H groups in total. The number of halogens is 10. The van der Waals surface area contributed by atoms with Crippen LogP contribution in [0, 0.1) is 0 Å². The topological polar surface area (TPSA) is 50.7 Å². The molecule has 3 aromatic rings. The summed E-state index contributed by atoms with van der Waals surface area (Å²) in [5.74, 6) is -1.07. The Kier molecular flexibility index (Phi) is 6.79. The molecule has 0 saturated carbocycles. The number of rotatable bonds is 4. The molecule has 0 aromatic heterocycles. The van der Waals surface area contributed by atoms with Gasteiger partial charge in [0.15, 0.2) is 0 Å². The number of carbonyl (C=O) groups is 1. The molecular formula is C24H14ClF9N2O2. The Balaban J connectivity index is 1.76. The van der Waals surface area contributed by atoms with E-state index in [1.807, 2.05) is 0 Å². The number of alkyl halides is 9. The van der Waals surface area contributed by atoms with Crippen LogP contribution < -0.4 is 5.32 Å². The highest BCUT2D eigenvalue weighted by Crippen LogP contribution is 2.50. The zero-order valence-corrected chi connectivity index (χ0v) is 19.4. The molecule has 0 aliphatic carbocycles. The van der Waals surface area contributed by atoms with Crippen molar-refractivity contribution < 1.29 is 49.1 Å². The third kappa shape index (κ3) is 5.24. The molecule has 1 aliphatic heterocycles. The smallest absolute Gasteiger partial charge is 0.374 e. The third-order valence-electron chi connectivity index (χ3n) is 5.81. The van der Waals surface area contributed by atoms with Gasteiger partial charge >= 0.3 is 18.5 Å². The quantitative estimate of drug-likeness (QED) is 0.334. The summed E-state index contributed by atoms with van der Waals surface area (Å²) in [5, 5.41) is 4.94. The lowest BCUT2D eigenvalue weighted by molar-refractivity contribution is -0.276. The summed E-state index contributed by atoms with van der Waals surface area (Å²) in [6.07, 6.45) is -15.9. The van der Waals surface area contributed by atoms with Crippen molar-refractivity contribution in [3.05, 3.63) is 81.9 Å². The Hall–Kier alpha value is -3.48. The lowest BCUT2D eigenvalue weighted by Crippen LogP contribution is -2.43. The fourth-order valence-corrected chi connectivity index (χ4v) is 4.29. The number of hydrogen-bond acceptors (Lipinski definition) is 3. The van der Waals surface area contributed by atoms with Crippen molar-refractivity contribution >= 4 is 34.0 Å². The summed E-state index contributed by atoms with van der Waals surface area (Å²) < 4.78 is 121. The van der Waals surface area contributed by atoms with E-state index >= 15 is 0 Å². The van der Waals surface area contributed by atoms with Crippen LogP contribution in [0.5, 0.6) is 0 Å². The van der Waals surface area contributed by atoms with Gasteiger partial charge in [-0.15, -0.1) is 0 Å². The number of hydrogen-bond donors (Lipinski definition) is 1. The number of nitrogens with one attached hydrogen (secondary N) is 1. The Morgan fingerprint density at radius 2 is 1.61 bits per heavy atom. The predicted molar refractivity (Wildman–Crippen MR) is 119 cm³/mol. The number of carbonyl (C=O) groups excluding carboxylic acids is 1. The predicted octanol–water partition coefficient (Wildman–Crippen LogP) is 7.39. The average Bonchev–Trinajstić information content (AvgIpc) is 3.27. The zero-order valence-electron chi connectivity index (χ0n) is 18.7. The molecule has 1 atom stereocenters. The highest BCUT2D eigenvalue weighted by atomic mass is 35.5. The molecule has 3 aromatic carbocycles. The van der Waals surface area contributed by atoms with Crippen molar-refractivity contribution in [3.63, 3.8) is 0 Å². The van der Waals surface area contributed by atoms with Gasteiger partial charge in [-0.1, -0.05) is 47.1 Å². The van der Waals surface area contributed by atoms with Crippen LogP contribution in [0.1, 0.15) is 33.5 Å². The molecule has 0 bridgehead atoms. The molecule has 0 fully saturated rings. The first kappa shape index (κ1) is 27.6. The molecule has 4 nitrogen and oxygen atoms in total. The molecular weight excluding hydrogens is 555 g/mol. The molecule has 1 aliphatic rings. The summed E-state index contributed by atoms with van der Waals surface area (Å²) in [4.78, 5) is 17.2. The Morgan fingerprint density at radius 3 is 2.21 bits per heavy atom. The summed E-state index contributed by atoms with van der Waals surface area (Å²) in [5.41, 5.74) is -6.10. The van der Waals surface area contributed by atoms with Gasteiger partial charge in [0.05, 0.1) is 11.3 Å². The SMILES string of the molecule is O=C(NCC(F)(F)F)c1ccc(C2=NOC(c3cc(Cl)cc(C(F)(F)F)c3)(C(F)(F)F)C2)c2ccccc12. The van der Waals surface area contributed by atoms with E-state index in [1.165, 1.54) is 30.3 Å². The van der Waals surface area contributed by atoms with Gasteiger partial charge in [-0.3, -0.25) is 4.79 Å². The van der Waals surface area contributed by atoms with E-state index in [1.54, 1.807) is 5.32 Å². The Bertz CT molecular complexity index is 1430. The first-order chi connectivity index (χ1) is 17.5. The van der Waals surface area contributed by atoms with Crippen molar-refractivity contribution in [2.24, 2.45) is 5.16 Å². The van der Waals surface area contributed by atoms with Gasteiger partial charge in [-0.05, 0) is 35.0 Å². The summed E-state index contributed by atoms with van der Waals surface area (Å²) >= 11 is 5.71. The summed E-state index contributed by atoms with van der Waals surface area (Å²) in [7, 11) is 0. The average molecular weight is 569 g/mol. The van der Waals surface area contributed by atoms with E-state index in [-0.39, 0.29) is 33.7 Å². The second kappa shape index (κ2) is 9.37. The van der Waals surface area contributed by atoms with Gasteiger partial charge in [-0.25, -0.2) is 0 Å². The van der Waals surface area contributed by atoms with E-state index in [2.05, 4.69) is 5.16 Å². The van der Waals surface area contributed by atoms with E-state index in [0.29, 0.717) is 12.1 Å². The van der Waals surface area contributed by atoms with Gasteiger partial charge in [0.1, 0.15) is 6.54 Å². The molecule has 0 spiro atoms. The van der Waals surface area contributed by atoms with Crippen molar-refractivity contribution in [3.8, 4) is 0 Å². The minimum absolute atomic E-state index is 0.0390. The van der Waals surface area contributed by atoms with Gasteiger partial charge in [0.2, 0.25) is 0 Å². The number of nitrogens with zero attached hydrogens (tertiary/aromatic N) is 1. The van der Waals surface area contributed by atoms with Crippen LogP contribution in [-0.2, 0) is 16.6 Å². The third-order valence-corrected chi connectivity index (χ3v) is 6.02. The minimum atomic E-state index is -5.24. The molecule has 0 radical (unpaired) electrons. The van der Waals surface area contributed by atoms with Gasteiger partial charge in [0, 0.05) is 28.1 Å². The van der Waals surface area contributed by atoms with Crippen LogP contribution in [-0.4, -0.2) is 30.5 Å². The molecule has 1 unspecified atom stereocenters. The molecule has 4 rings (SSSR count). The van der Waals surface area contributed by atoms with Crippen LogP contribution in [0.3, 0.4) is 0 Å². The fraction of sp³-hybridized carbons (Fsp3) is 0.250. The maximum atomic E-state index is 14.3. The van der Waals surface area contributed by atoms with Crippen LogP contribution in [0.2, 0.25) is 5.02 Å². The maximum absolute atomic E-state index is 14.3. The second-order valence-electron chi connectivity index (χ2n) is 8.36. The highest BCUT2D eigenvalue weighted by Gasteiger charge is 2.62. The molecule has 1 heterocycles. The molecule has 38 heavy (non-hydrogen) atoms. The minimum Gasteiger partial charge on any atom is -0.374 e. The number of benzene rings is 3. The molecule has 202 valence electrons. The first-order valence-corrected chi connectivity index (χ1v) is 11.0. The van der Waals surface area contributed by atoms with Crippen molar-refractivity contribution in [1.29, 1.82) is 0 Å². The van der Waals surface area contributed by atoms with Crippen LogP contribution in [0.15, 0.2) is 59.8 Å². The van der Waals surface area contributed by atoms with Crippen molar-refractivity contribution in [1.82, 2.24) is 5.32 Å². The standard InChI is InChI=1S/C24H14ClF9N2O2/c25-14-8-12(7-13(9-14)23(29,30)31)21(24(32,33)34)10-19(36-38-21)17-5-6-18(16-4-2-1-3-15(16)17)20(37)35-11-22(26,27)28/h1-9H,10-11H2,(H,35,37). The Labute approximate surface area is 213 Å². The van der Waals surface area contributed by atoms with Gasteiger partial charge in [-0.2, -0.15) is 39.5 Å². The number of amides is 1. The van der Waals surface area contributed by atoms with Crippen molar-refractivity contribution in [2.45, 2.75) is 30.6 Å². The summed E-state index contributed by atoms with van der Waals surface area (Å²) in [6, 6.07) is 9.47. The van der Waals surface area contributed by atoms with E-state index in [9.17, 15) is 44.3 Å². The molecule has 0 saturated heterocycles. The maximum Gasteiger partial charge on any atom is 0.435 e. The van der Waals surface area contributed by atoms with E-state index < -0.39 is 59.2 Å².